The molecule has 1 aromatic carbocycles. The summed E-state index contributed by atoms with van der Waals surface area (Å²) in [6.45, 7) is 5.23. The zero-order valence-electron chi connectivity index (χ0n) is 12.4. The number of amides is 2. The van der Waals surface area contributed by atoms with Gasteiger partial charge in [0.25, 0.3) is 5.91 Å². The molecular formula is C15H20N2O4. The van der Waals surface area contributed by atoms with Gasteiger partial charge >= 0.3 is 5.97 Å². The number of aliphatic carboxylic acids is 1. The number of carbonyl (C=O) groups is 3. The summed E-state index contributed by atoms with van der Waals surface area (Å²) in [5, 5.41) is 13.5. The number of hydrogen-bond donors (Lipinski definition) is 3. The summed E-state index contributed by atoms with van der Waals surface area (Å²) in [5.41, 5.74) is 0.470. The summed E-state index contributed by atoms with van der Waals surface area (Å²) >= 11 is 0. The van der Waals surface area contributed by atoms with Crippen LogP contribution in [-0.2, 0) is 9.59 Å². The molecule has 6 heteroatoms. The number of benzene rings is 1. The lowest BCUT2D eigenvalue weighted by molar-refractivity contribution is -0.135. The van der Waals surface area contributed by atoms with E-state index in [2.05, 4.69) is 10.6 Å². The number of carboxylic acids is 1. The fourth-order valence-electron chi connectivity index (χ4n) is 1.42. The van der Waals surface area contributed by atoms with Gasteiger partial charge in [-0.1, -0.05) is 20.8 Å². The average Bonchev–Trinajstić information content (AvgIpc) is 2.45. The molecule has 114 valence electrons. The van der Waals surface area contributed by atoms with Gasteiger partial charge < -0.3 is 15.7 Å². The van der Waals surface area contributed by atoms with Crippen molar-refractivity contribution < 1.29 is 19.5 Å². The van der Waals surface area contributed by atoms with Crippen molar-refractivity contribution in [1.82, 2.24) is 5.32 Å². The number of anilines is 1. The van der Waals surface area contributed by atoms with E-state index in [4.69, 9.17) is 5.11 Å². The normalized spacial score (nSPS) is 10.8. The summed E-state index contributed by atoms with van der Waals surface area (Å²) in [6, 6.07) is 6.29. The highest BCUT2D eigenvalue weighted by Gasteiger charge is 2.25. The Balaban J connectivity index is 2.68. The molecule has 1 rings (SSSR count). The maximum absolute atomic E-state index is 12.0. The smallest absolute Gasteiger partial charge is 0.322 e. The van der Waals surface area contributed by atoms with E-state index in [-0.39, 0.29) is 5.91 Å². The fraction of sp³-hybridized carbons (Fsp3) is 0.400. The van der Waals surface area contributed by atoms with Gasteiger partial charge in [-0.15, -0.1) is 0 Å². The van der Waals surface area contributed by atoms with E-state index < -0.39 is 23.8 Å². The van der Waals surface area contributed by atoms with Gasteiger partial charge in [0.05, 0.1) is 0 Å². The standard InChI is InChI=1S/C15H20N2O4/c1-4-15(2,3)14(21)17-11-7-5-10(6-8-11)13(20)16-9-12(18)19/h5-8H,4,9H2,1-3H3,(H,16,20)(H,17,21)(H,18,19). The zero-order valence-corrected chi connectivity index (χ0v) is 12.4. The molecule has 0 atom stereocenters. The van der Waals surface area contributed by atoms with Crippen LogP contribution in [0.3, 0.4) is 0 Å². The largest absolute Gasteiger partial charge is 0.480 e. The van der Waals surface area contributed by atoms with E-state index in [9.17, 15) is 14.4 Å². The number of carboxylic acid groups (broad SMARTS) is 1. The molecule has 0 radical (unpaired) electrons. The van der Waals surface area contributed by atoms with Crippen LogP contribution in [0.2, 0.25) is 0 Å². The Morgan fingerprint density at radius 1 is 1.14 bits per heavy atom. The molecule has 0 aliphatic rings. The van der Waals surface area contributed by atoms with Crippen LogP contribution in [0.4, 0.5) is 5.69 Å². The first kappa shape index (κ1) is 16.7. The van der Waals surface area contributed by atoms with Crippen LogP contribution >= 0.6 is 0 Å². The van der Waals surface area contributed by atoms with Crippen molar-refractivity contribution in [2.24, 2.45) is 5.41 Å². The van der Waals surface area contributed by atoms with Gasteiger partial charge in [-0.2, -0.15) is 0 Å². The molecule has 2 amide bonds. The Kier molecular flexibility index (Phi) is 5.46. The monoisotopic (exact) mass is 292 g/mol. The highest BCUT2D eigenvalue weighted by Crippen LogP contribution is 2.22. The summed E-state index contributed by atoms with van der Waals surface area (Å²) in [5.74, 6) is -1.66. The molecule has 0 unspecified atom stereocenters. The minimum Gasteiger partial charge on any atom is -0.480 e. The van der Waals surface area contributed by atoms with Gasteiger partial charge in [-0.3, -0.25) is 14.4 Å². The molecule has 0 saturated heterocycles. The summed E-state index contributed by atoms with van der Waals surface area (Å²) in [6.07, 6.45) is 0.717. The molecule has 0 spiro atoms. The molecule has 0 aliphatic carbocycles. The molecular weight excluding hydrogens is 272 g/mol. The van der Waals surface area contributed by atoms with E-state index in [1.54, 1.807) is 12.1 Å². The Labute approximate surface area is 123 Å². The van der Waals surface area contributed by atoms with Crippen LogP contribution in [0, 0.1) is 5.41 Å². The van der Waals surface area contributed by atoms with Crippen LogP contribution in [0.15, 0.2) is 24.3 Å². The van der Waals surface area contributed by atoms with Gasteiger partial charge in [0.15, 0.2) is 0 Å². The quantitative estimate of drug-likeness (QED) is 0.746. The molecule has 0 fully saturated rings. The first-order valence-electron chi connectivity index (χ1n) is 6.68. The van der Waals surface area contributed by atoms with Crippen LogP contribution in [0.25, 0.3) is 0 Å². The van der Waals surface area contributed by atoms with Crippen molar-refractivity contribution in [1.29, 1.82) is 0 Å². The lowest BCUT2D eigenvalue weighted by Crippen LogP contribution is -2.30. The van der Waals surface area contributed by atoms with Crippen LogP contribution in [-0.4, -0.2) is 29.4 Å². The minimum atomic E-state index is -1.10. The van der Waals surface area contributed by atoms with Gasteiger partial charge in [0.1, 0.15) is 6.54 Å². The highest BCUT2D eigenvalue weighted by molar-refractivity contribution is 5.97. The molecule has 0 bridgehead atoms. The fourth-order valence-corrected chi connectivity index (χ4v) is 1.42. The van der Waals surface area contributed by atoms with E-state index in [1.807, 2.05) is 20.8 Å². The van der Waals surface area contributed by atoms with Crippen molar-refractivity contribution in [2.75, 3.05) is 11.9 Å². The first-order chi connectivity index (χ1) is 9.76. The molecule has 0 aliphatic heterocycles. The van der Waals surface area contributed by atoms with Crippen molar-refractivity contribution in [3.05, 3.63) is 29.8 Å². The SMILES string of the molecule is CCC(C)(C)C(=O)Nc1ccc(C(=O)NCC(=O)O)cc1. The lowest BCUT2D eigenvalue weighted by atomic mass is 9.89. The molecule has 21 heavy (non-hydrogen) atoms. The third kappa shape index (κ3) is 4.91. The van der Waals surface area contributed by atoms with Crippen LogP contribution < -0.4 is 10.6 Å². The van der Waals surface area contributed by atoms with Crippen molar-refractivity contribution in [2.45, 2.75) is 27.2 Å². The Hall–Kier alpha value is -2.37. The summed E-state index contributed by atoms with van der Waals surface area (Å²) in [7, 11) is 0. The highest BCUT2D eigenvalue weighted by atomic mass is 16.4. The van der Waals surface area contributed by atoms with Gasteiger partial charge in [-0.05, 0) is 30.7 Å². The van der Waals surface area contributed by atoms with Crippen molar-refractivity contribution >= 4 is 23.5 Å². The zero-order chi connectivity index (χ0) is 16.0. The lowest BCUT2D eigenvalue weighted by Gasteiger charge is -2.21. The Bertz CT molecular complexity index is 535. The third-order valence-corrected chi connectivity index (χ3v) is 3.30. The molecule has 0 aromatic heterocycles. The van der Waals surface area contributed by atoms with Gasteiger partial charge in [0, 0.05) is 16.7 Å². The van der Waals surface area contributed by atoms with Crippen molar-refractivity contribution in [3.63, 3.8) is 0 Å². The third-order valence-electron chi connectivity index (χ3n) is 3.30. The number of hydrogen-bond acceptors (Lipinski definition) is 3. The molecule has 1 aromatic rings. The van der Waals surface area contributed by atoms with Gasteiger partial charge in [-0.25, -0.2) is 0 Å². The first-order valence-corrected chi connectivity index (χ1v) is 6.68. The van der Waals surface area contributed by atoms with Crippen LogP contribution in [0.5, 0.6) is 0 Å². The molecule has 0 saturated carbocycles. The van der Waals surface area contributed by atoms with E-state index >= 15 is 0 Å². The predicted octanol–water partition coefficient (Wildman–Crippen LogP) is 1.88. The maximum atomic E-state index is 12.0. The summed E-state index contributed by atoms with van der Waals surface area (Å²) in [4.78, 5) is 34.0. The Morgan fingerprint density at radius 2 is 1.71 bits per heavy atom. The van der Waals surface area contributed by atoms with Crippen molar-refractivity contribution in [3.8, 4) is 0 Å². The van der Waals surface area contributed by atoms with Crippen LogP contribution in [0.1, 0.15) is 37.6 Å². The topological polar surface area (TPSA) is 95.5 Å². The van der Waals surface area contributed by atoms with E-state index in [0.29, 0.717) is 17.7 Å². The van der Waals surface area contributed by atoms with E-state index in [0.717, 1.165) is 0 Å². The minimum absolute atomic E-state index is 0.0897. The average molecular weight is 292 g/mol. The molecule has 3 N–H and O–H groups in total. The van der Waals surface area contributed by atoms with E-state index in [1.165, 1.54) is 12.1 Å². The molecule has 0 heterocycles. The Morgan fingerprint density at radius 3 is 2.19 bits per heavy atom. The predicted molar refractivity (Wildman–Crippen MR) is 79.1 cm³/mol. The molecule has 6 nitrogen and oxygen atoms in total. The second-order valence-corrected chi connectivity index (χ2v) is 5.35. The number of rotatable bonds is 6. The maximum Gasteiger partial charge on any atom is 0.322 e. The number of nitrogens with one attached hydrogen (secondary N) is 2. The number of carbonyl (C=O) groups excluding carboxylic acids is 2. The second-order valence-electron chi connectivity index (χ2n) is 5.35. The van der Waals surface area contributed by atoms with Gasteiger partial charge in [0.2, 0.25) is 5.91 Å². The summed E-state index contributed by atoms with van der Waals surface area (Å²) < 4.78 is 0. The second kappa shape index (κ2) is 6.88.